The summed E-state index contributed by atoms with van der Waals surface area (Å²) in [5, 5.41) is 2.95. The smallest absolute Gasteiger partial charge is 0.264 e. The number of ether oxygens (including phenoxy) is 1. The van der Waals surface area contributed by atoms with Crippen LogP contribution in [-0.2, 0) is 14.8 Å². The summed E-state index contributed by atoms with van der Waals surface area (Å²) in [4.78, 5) is 14.0. The normalized spacial score (nSPS) is 12.2. The van der Waals surface area contributed by atoms with Gasteiger partial charge in [0.05, 0.1) is 17.2 Å². The minimum absolute atomic E-state index is 0.133. The molecule has 0 aliphatic heterocycles. The van der Waals surface area contributed by atoms with Crippen molar-refractivity contribution in [2.24, 2.45) is 5.92 Å². The van der Waals surface area contributed by atoms with Gasteiger partial charge in [0.25, 0.3) is 10.0 Å². The van der Waals surface area contributed by atoms with Gasteiger partial charge < -0.3 is 10.1 Å². The summed E-state index contributed by atoms with van der Waals surface area (Å²) in [7, 11) is -3.99. The maximum Gasteiger partial charge on any atom is 0.264 e. The van der Waals surface area contributed by atoms with Crippen LogP contribution in [0, 0.1) is 5.92 Å². The summed E-state index contributed by atoms with van der Waals surface area (Å²) in [6.45, 7) is 6.70. The van der Waals surface area contributed by atoms with Crippen molar-refractivity contribution in [3.63, 3.8) is 0 Å². The van der Waals surface area contributed by atoms with Gasteiger partial charge in [0.15, 0.2) is 0 Å². The zero-order valence-corrected chi connectivity index (χ0v) is 21.7. The first kappa shape index (κ1) is 27.1. The predicted molar refractivity (Wildman–Crippen MR) is 137 cm³/mol. The fourth-order valence-corrected chi connectivity index (χ4v) is 5.34. The summed E-state index contributed by atoms with van der Waals surface area (Å²) in [6, 6.07) is 13.6. The molecule has 0 aromatic heterocycles. The Morgan fingerprint density at radius 3 is 2.39 bits per heavy atom. The minimum atomic E-state index is -3.99. The van der Waals surface area contributed by atoms with Crippen molar-refractivity contribution in [2.45, 2.75) is 56.2 Å². The molecule has 2 aromatic carbocycles. The number of amides is 1. The van der Waals surface area contributed by atoms with Crippen LogP contribution in [0.1, 0.15) is 46.5 Å². The maximum absolute atomic E-state index is 13.6. The molecule has 2 rings (SSSR count). The quantitative estimate of drug-likeness (QED) is 0.361. The third-order valence-electron chi connectivity index (χ3n) is 5.50. The Kier molecular flexibility index (Phi) is 11.1. The summed E-state index contributed by atoms with van der Waals surface area (Å²) in [5.41, 5.74) is 0.349. The van der Waals surface area contributed by atoms with E-state index in [9.17, 15) is 13.2 Å². The van der Waals surface area contributed by atoms with E-state index < -0.39 is 10.0 Å². The van der Waals surface area contributed by atoms with E-state index in [1.54, 1.807) is 48.5 Å². The largest absolute Gasteiger partial charge is 0.492 e. The first-order valence-electron chi connectivity index (χ1n) is 11.5. The van der Waals surface area contributed by atoms with E-state index in [-0.39, 0.29) is 17.3 Å². The molecule has 6 nitrogen and oxygen atoms in total. The molecule has 0 bridgehead atoms. The Morgan fingerprint density at radius 1 is 1.09 bits per heavy atom. The molecule has 2 aromatic rings. The number of hydrogen-bond acceptors (Lipinski definition) is 5. The second kappa shape index (κ2) is 13.5. The first-order chi connectivity index (χ1) is 15.9. The SMILES string of the molecule is CCCCC(CC)CNC(=O)CN(c1ccccc1OCC)S(=O)(=O)c1ccc(SC)cc1. The van der Waals surface area contributed by atoms with Crippen LogP contribution in [0.4, 0.5) is 5.69 Å². The molecule has 0 aliphatic rings. The molecule has 8 heteroatoms. The van der Waals surface area contributed by atoms with Gasteiger partial charge >= 0.3 is 0 Å². The molecule has 182 valence electrons. The van der Waals surface area contributed by atoms with Gasteiger partial charge in [0.2, 0.25) is 5.91 Å². The summed E-state index contributed by atoms with van der Waals surface area (Å²) < 4.78 is 34.1. The highest BCUT2D eigenvalue weighted by molar-refractivity contribution is 7.98. The zero-order valence-electron chi connectivity index (χ0n) is 20.0. The molecule has 0 radical (unpaired) electrons. The number of unbranched alkanes of at least 4 members (excludes halogenated alkanes) is 1. The van der Waals surface area contributed by atoms with E-state index in [1.165, 1.54) is 11.8 Å². The van der Waals surface area contributed by atoms with E-state index in [0.29, 0.717) is 30.5 Å². The van der Waals surface area contributed by atoms with Gasteiger partial charge in [-0.2, -0.15) is 0 Å². The standard InChI is InChI=1S/C25H36N2O4S2/c1-5-8-11-20(6-2)18-26-25(28)19-27(23-12-9-10-13-24(23)31-7-3)33(29,30)22-16-14-21(32-4)15-17-22/h9-10,12-17,20H,5-8,11,18-19H2,1-4H3,(H,26,28). The van der Waals surface area contributed by atoms with Gasteiger partial charge in [-0.3, -0.25) is 9.10 Å². The van der Waals surface area contributed by atoms with Crippen molar-refractivity contribution in [1.29, 1.82) is 0 Å². The fourth-order valence-electron chi connectivity index (χ4n) is 3.50. The van der Waals surface area contributed by atoms with E-state index >= 15 is 0 Å². The number of nitrogens with one attached hydrogen (secondary N) is 1. The Bertz CT molecular complexity index is 978. The molecule has 1 unspecified atom stereocenters. The van der Waals surface area contributed by atoms with Gasteiger partial charge in [-0.05, 0) is 61.9 Å². The number of rotatable bonds is 14. The second-order valence-electron chi connectivity index (χ2n) is 7.81. The van der Waals surface area contributed by atoms with E-state index in [1.807, 2.05) is 13.2 Å². The number of carbonyl (C=O) groups is 1. The van der Waals surface area contributed by atoms with E-state index in [4.69, 9.17) is 4.74 Å². The molecule has 0 saturated heterocycles. The van der Waals surface area contributed by atoms with E-state index in [2.05, 4.69) is 19.2 Å². The molecule has 0 aliphatic carbocycles. The van der Waals surface area contributed by atoms with Crippen LogP contribution in [0.25, 0.3) is 0 Å². The first-order valence-corrected chi connectivity index (χ1v) is 14.2. The number of carbonyl (C=O) groups excluding carboxylic acids is 1. The van der Waals surface area contributed by atoms with Gasteiger partial charge in [0, 0.05) is 11.4 Å². The van der Waals surface area contributed by atoms with Crippen molar-refractivity contribution >= 4 is 33.4 Å². The second-order valence-corrected chi connectivity index (χ2v) is 10.6. The average Bonchev–Trinajstić information content (AvgIpc) is 2.83. The van der Waals surface area contributed by atoms with Crippen LogP contribution in [0.15, 0.2) is 58.3 Å². The third-order valence-corrected chi connectivity index (χ3v) is 8.02. The van der Waals surface area contributed by atoms with Crippen molar-refractivity contribution in [2.75, 3.05) is 30.3 Å². The summed E-state index contributed by atoms with van der Waals surface area (Å²) in [6.07, 6.45) is 6.17. The molecule has 33 heavy (non-hydrogen) atoms. The molecule has 0 fully saturated rings. The Hall–Kier alpha value is -2.19. The molecular weight excluding hydrogens is 456 g/mol. The predicted octanol–water partition coefficient (Wildman–Crippen LogP) is 5.34. The fraction of sp³-hybridized carbons (Fsp3) is 0.480. The van der Waals surface area contributed by atoms with Crippen molar-refractivity contribution in [3.05, 3.63) is 48.5 Å². The Labute approximate surface area is 203 Å². The van der Waals surface area contributed by atoms with Crippen LogP contribution < -0.4 is 14.4 Å². The van der Waals surface area contributed by atoms with Crippen LogP contribution in [0.5, 0.6) is 5.75 Å². The number of benzene rings is 2. The number of sulfonamides is 1. The monoisotopic (exact) mass is 492 g/mol. The van der Waals surface area contributed by atoms with Gasteiger partial charge in [-0.15, -0.1) is 11.8 Å². The Balaban J connectivity index is 2.34. The molecule has 0 spiro atoms. The third kappa shape index (κ3) is 7.67. The zero-order chi connectivity index (χ0) is 24.3. The molecule has 1 N–H and O–H groups in total. The van der Waals surface area contributed by atoms with Gasteiger partial charge in [-0.1, -0.05) is 45.2 Å². The number of para-hydroxylation sites is 2. The summed E-state index contributed by atoms with van der Waals surface area (Å²) >= 11 is 1.54. The molecule has 1 amide bonds. The van der Waals surface area contributed by atoms with Crippen LogP contribution in [-0.4, -0.2) is 40.3 Å². The molecule has 0 heterocycles. The van der Waals surface area contributed by atoms with Crippen molar-refractivity contribution < 1.29 is 17.9 Å². The van der Waals surface area contributed by atoms with Crippen LogP contribution in [0.2, 0.25) is 0 Å². The lowest BCUT2D eigenvalue weighted by Crippen LogP contribution is -2.42. The number of hydrogen-bond donors (Lipinski definition) is 1. The highest BCUT2D eigenvalue weighted by atomic mass is 32.2. The molecule has 1 atom stereocenters. The van der Waals surface area contributed by atoms with Crippen LogP contribution >= 0.6 is 11.8 Å². The lowest BCUT2D eigenvalue weighted by molar-refractivity contribution is -0.119. The van der Waals surface area contributed by atoms with E-state index in [0.717, 1.165) is 34.9 Å². The number of thioether (sulfide) groups is 1. The number of anilines is 1. The van der Waals surface area contributed by atoms with Crippen molar-refractivity contribution in [1.82, 2.24) is 5.32 Å². The van der Waals surface area contributed by atoms with Crippen molar-refractivity contribution in [3.8, 4) is 5.75 Å². The molecular formula is C25H36N2O4S2. The highest BCUT2D eigenvalue weighted by Crippen LogP contribution is 2.33. The Morgan fingerprint density at radius 2 is 1.79 bits per heavy atom. The molecule has 0 saturated carbocycles. The topological polar surface area (TPSA) is 75.7 Å². The lowest BCUT2D eigenvalue weighted by Gasteiger charge is -2.26. The maximum atomic E-state index is 13.6. The van der Waals surface area contributed by atoms with Crippen LogP contribution in [0.3, 0.4) is 0 Å². The van der Waals surface area contributed by atoms with Gasteiger partial charge in [0.1, 0.15) is 12.3 Å². The highest BCUT2D eigenvalue weighted by Gasteiger charge is 2.29. The summed E-state index contributed by atoms with van der Waals surface area (Å²) in [5.74, 6) is 0.473. The number of nitrogens with zero attached hydrogens (tertiary/aromatic N) is 1. The minimum Gasteiger partial charge on any atom is -0.492 e. The average molecular weight is 493 g/mol. The lowest BCUT2D eigenvalue weighted by atomic mass is 9.99. The van der Waals surface area contributed by atoms with Gasteiger partial charge in [-0.25, -0.2) is 8.42 Å².